The lowest BCUT2D eigenvalue weighted by atomic mass is 9.76. The quantitative estimate of drug-likeness (QED) is 0.645. The van der Waals surface area contributed by atoms with E-state index in [9.17, 15) is 13.2 Å². The third kappa shape index (κ3) is 5.86. The minimum absolute atomic E-state index is 0.154. The van der Waals surface area contributed by atoms with Gasteiger partial charge in [-0.3, -0.25) is 0 Å². The number of hydrogen-bond donors (Lipinski definition) is 1. The average Bonchev–Trinajstić information content (AvgIpc) is 2.38. The van der Waals surface area contributed by atoms with Crippen LogP contribution in [0.1, 0.15) is 58.8 Å². The highest BCUT2D eigenvalue weighted by Gasteiger charge is 2.43. The first kappa shape index (κ1) is 17.5. The maximum atomic E-state index is 12.9. The zero-order chi connectivity index (χ0) is 15.2. The van der Waals surface area contributed by atoms with Crippen molar-refractivity contribution in [3.63, 3.8) is 0 Å². The van der Waals surface area contributed by atoms with Crippen molar-refractivity contribution in [2.45, 2.75) is 71.0 Å². The van der Waals surface area contributed by atoms with Crippen LogP contribution in [0.4, 0.5) is 13.2 Å². The lowest BCUT2D eigenvalue weighted by molar-refractivity contribution is -0.186. The first-order valence-electron chi connectivity index (χ1n) is 7.79. The van der Waals surface area contributed by atoms with Crippen molar-refractivity contribution in [3.8, 4) is 0 Å². The molecule has 1 fully saturated rings. The average molecular weight is 291 g/mol. The monoisotopic (exact) mass is 291 g/mol. The molecule has 1 nitrogen and oxygen atoms in total. The SMILES string of the molecule is C=C(C)CCC(NCCC)C1CCCC(C(F)(F)F)C1. The second kappa shape index (κ2) is 8.06. The van der Waals surface area contributed by atoms with Crippen LogP contribution in [0.15, 0.2) is 12.2 Å². The second-order valence-corrected chi connectivity index (χ2v) is 6.22. The molecule has 0 amide bonds. The Bertz CT molecular complexity index is 299. The summed E-state index contributed by atoms with van der Waals surface area (Å²) in [7, 11) is 0. The van der Waals surface area contributed by atoms with Crippen molar-refractivity contribution in [3.05, 3.63) is 12.2 Å². The van der Waals surface area contributed by atoms with Gasteiger partial charge in [-0.2, -0.15) is 13.2 Å². The van der Waals surface area contributed by atoms with E-state index >= 15 is 0 Å². The minimum Gasteiger partial charge on any atom is -0.314 e. The normalized spacial score (nSPS) is 25.4. The lowest BCUT2D eigenvalue weighted by Gasteiger charge is -2.36. The summed E-state index contributed by atoms with van der Waals surface area (Å²) in [5.41, 5.74) is 1.11. The molecular formula is C16H28F3N. The molecule has 0 aromatic rings. The molecule has 3 atom stereocenters. The Morgan fingerprint density at radius 3 is 2.60 bits per heavy atom. The van der Waals surface area contributed by atoms with Crippen LogP contribution in [0.25, 0.3) is 0 Å². The molecule has 0 aromatic carbocycles. The fourth-order valence-electron chi connectivity index (χ4n) is 3.13. The number of hydrogen-bond acceptors (Lipinski definition) is 1. The summed E-state index contributed by atoms with van der Waals surface area (Å²) < 4.78 is 38.7. The number of allylic oxidation sites excluding steroid dienone is 1. The topological polar surface area (TPSA) is 12.0 Å². The van der Waals surface area contributed by atoms with Crippen LogP contribution >= 0.6 is 0 Å². The van der Waals surface area contributed by atoms with Crippen LogP contribution in [0.5, 0.6) is 0 Å². The molecule has 0 aromatic heterocycles. The summed E-state index contributed by atoms with van der Waals surface area (Å²) in [6.07, 6.45) is 1.01. The van der Waals surface area contributed by atoms with Gasteiger partial charge >= 0.3 is 6.18 Å². The van der Waals surface area contributed by atoms with Gasteiger partial charge in [0.15, 0.2) is 0 Å². The molecule has 4 heteroatoms. The van der Waals surface area contributed by atoms with Crippen molar-refractivity contribution in [1.29, 1.82) is 0 Å². The smallest absolute Gasteiger partial charge is 0.314 e. The van der Waals surface area contributed by atoms with Gasteiger partial charge in [-0.1, -0.05) is 18.9 Å². The van der Waals surface area contributed by atoms with Crippen LogP contribution in [0.2, 0.25) is 0 Å². The highest BCUT2D eigenvalue weighted by molar-refractivity contribution is 4.92. The number of rotatable bonds is 7. The van der Waals surface area contributed by atoms with Crippen LogP contribution < -0.4 is 5.32 Å². The van der Waals surface area contributed by atoms with Gasteiger partial charge in [0.05, 0.1) is 5.92 Å². The molecule has 1 rings (SSSR count). The first-order chi connectivity index (χ1) is 9.34. The Morgan fingerprint density at radius 2 is 2.05 bits per heavy atom. The van der Waals surface area contributed by atoms with Gasteiger partial charge in [-0.25, -0.2) is 0 Å². The van der Waals surface area contributed by atoms with E-state index in [0.29, 0.717) is 19.3 Å². The van der Waals surface area contributed by atoms with E-state index in [0.717, 1.165) is 37.8 Å². The van der Waals surface area contributed by atoms with Gasteiger partial charge in [0.1, 0.15) is 0 Å². The predicted molar refractivity (Wildman–Crippen MR) is 77.6 cm³/mol. The molecule has 118 valence electrons. The summed E-state index contributed by atoms with van der Waals surface area (Å²) in [5.74, 6) is -0.946. The molecule has 0 bridgehead atoms. The van der Waals surface area contributed by atoms with Gasteiger partial charge in [0.25, 0.3) is 0 Å². The fourth-order valence-corrected chi connectivity index (χ4v) is 3.13. The molecule has 1 saturated carbocycles. The lowest BCUT2D eigenvalue weighted by Crippen LogP contribution is -2.41. The largest absolute Gasteiger partial charge is 0.391 e. The molecule has 3 unspecified atom stereocenters. The van der Waals surface area contributed by atoms with E-state index in [1.165, 1.54) is 0 Å². The van der Waals surface area contributed by atoms with Gasteiger partial charge in [0.2, 0.25) is 0 Å². The number of halogens is 3. The Labute approximate surface area is 121 Å². The summed E-state index contributed by atoms with van der Waals surface area (Å²) in [4.78, 5) is 0. The summed E-state index contributed by atoms with van der Waals surface area (Å²) in [5, 5.41) is 3.46. The van der Waals surface area contributed by atoms with E-state index in [-0.39, 0.29) is 12.0 Å². The highest BCUT2D eigenvalue weighted by atomic mass is 19.4. The van der Waals surface area contributed by atoms with Gasteiger partial charge in [-0.05, 0) is 57.9 Å². The van der Waals surface area contributed by atoms with Crippen LogP contribution in [-0.4, -0.2) is 18.8 Å². The Kier molecular flexibility index (Phi) is 7.07. The molecule has 1 aliphatic carbocycles. The third-order valence-electron chi connectivity index (χ3n) is 4.29. The van der Waals surface area contributed by atoms with Crippen LogP contribution in [-0.2, 0) is 0 Å². The second-order valence-electron chi connectivity index (χ2n) is 6.22. The molecule has 20 heavy (non-hydrogen) atoms. The van der Waals surface area contributed by atoms with E-state index in [1.54, 1.807) is 0 Å². The van der Waals surface area contributed by atoms with E-state index in [4.69, 9.17) is 0 Å². The molecule has 0 radical (unpaired) electrons. The highest BCUT2D eigenvalue weighted by Crippen LogP contribution is 2.41. The summed E-state index contributed by atoms with van der Waals surface area (Å²) in [6.45, 7) is 8.85. The molecular weight excluding hydrogens is 263 g/mol. The molecule has 1 N–H and O–H groups in total. The summed E-state index contributed by atoms with van der Waals surface area (Å²) >= 11 is 0. The molecule has 1 aliphatic rings. The first-order valence-corrected chi connectivity index (χ1v) is 7.79. The Morgan fingerprint density at radius 1 is 1.35 bits per heavy atom. The zero-order valence-corrected chi connectivity index (χ0v) is 12.7. The maximum Gasteiger partial charge on any atom is 0.391 e. The van der Waals surface area contributed by atoms with Crippen LogP contribution in [0, 0.1) is 11.8 Å². The number of nitrogens with one attached hydrogen (secondary N) is 1. The molecule has 0 heterocycles. The molecule has 0 saturated heterocycles. The summed E-state index contributed by atoms with van der Waals surface area (Å²) in [6, 6.07) is 0.205. The van der Waals surface area contributed by atoms with Crippen molar-refractivity contribution >= 4 is 0 Å². The maximum absolute atomic E-state index is 12.9. The van der Waals surface area contributed by atoms with E-state index in [1.807, 2.05) is 6.92 Å². The Hall–Kier alpha value is -0.510. The number of alkyl halides is 3. The Balaban J connectivity index is 2.61. The van der Waals surface area contributed by atoms with E-state index in [2.05, 4.69) is 18.8 Å². The van der Waals surface area contributed by atoms with Crippen molar-refractivity contribution < 1.29 is 13.2 Å². The third-order valence-corrected chi connectivity index (χ3v) is 4.29. The minimum atomic E-state index is -4.03. The van der Waals surface area contributed by atoms with Gasteiger partial charge in [0, 0.05) is 6.04 Å². The molecule has 0 spiro atoms. The molecule has 0 aliphatic heterocycles. The van der Waals surface area contributed by atoms with Gasteiger partial charge < -0.3 is 5.32 Å². The van der Waals surface area contributed by atoms with Gasteiger partial charge in [-0.15, -0.1) is 6.58 Å². The van der Waals surface area contributed by atoms with E-state index < -0.39 is 12.1 Å². The van der Waals surface area contributed by atoms with Crippen molar-refractivity contribution in [1.82, 2.24) is 5.32 Å². The van der Waals surface area contributed by atoms with Crippen LogP contribution in [0.3, 0.4) is 0 Å². The van der Waals surface area contributed by atoms with Crippen molar-refractivity contribution in [2.75, 3.05) is 6.54 Å². The van der Waals surface area contributed by atoms with Crippen molar-refractivity contribution in [2.24, 2.45) is 11.8 Å². The standard InChI is InChI=1S/C16H28F3N/c1-4-10-20-15(9-8-12(2)3)13-6-5-7-14(11-13)16(17,18)19/h13-15,20H,2,4-11H2,1,3H3. The predicted octanol–water partition coefficient (Wildman–Crippen LogP) is 5.08. The fraction of sp³-hybridized carbons (Fsp3) is 0.875. The zero-order valence-electron chi connectivity index (χ0n) is 12.7.